The highest BCUT2D eigenvalue weighted by molar-refractivity contribution is 7.07. The normalized spacial score (nSPS) is 9.93. The standard InChI is InChI=1S/C11H12N2OS/c1-14-11-3-2-10(7-13-11)12-6-9-4-5-15-8-9/h2-5,7-8,12H,6H2,1H3. The Morgan fingerprint density at radius 1 is 1.40 bits per heavy atom. The summed E-state index contributed by atoms with van der Waals surface area (Å²) in [6.45, 7) is 0.831. The van der Waals surface area contributed by atoms with Gasteiger partial charge in [0.05, 0.1) is 19.0 Å². The Bertz CT molecular complexity index is 397. The average molecular weight is 220 g/mol. The number of hydrogen-bond donors (Lipinski definition) is 1. The molecule has 15 heavy (non-hydrogen) atoms. The number of methoxy groups -OCH3 is 1. The maximum absolute atomic E-state index is 4.98. The number of rotatable bonds is 4. The number of anilines is 1. The molecule has 0 aliphatic rings. The molecule has 0 spiro atoms. The summed E-state index contributed by atoms with van der Waals surface area (Å²) in [5.74, 6) is 0.635. The SMILES string of the molecule is COc1ccc(NCc2ccsc2)cn1. The van der Waals surface area contributed by atoms with E-state index < -0.39 is 0 Å². The molecular weight excluding hydrogens is 208 g/mol. The quantitative estimate of drug-likeness (QED) is 0.860. The van der Waals surface area contributed by atoms with E-state index in [0.29, 0.717) is 5.88 Å². The first-order valence-corrected chi connectivity index (χ1v) is 5.58. The van der Waals surface area contributed by atoms with E-state index in [0.717, 1.165) is 12.2 Å². The molecule has 0 aliphatic carbocycles. The molecule has 0 radical (unpaired) electrons. The number of thiophene rings is 1. The molecule has 2 aromatic heterocycles. The number of nitrogens with one attached hydrogen (secondary N) is 1. The lowest BCUT2D eigenvalue weighted by atomic mass is 10.3. The number of aromatic nitrogens is 1. The maximum atomic E-state index is 4.98. The fraction of sp³-hybridized carbons (Fsp3) is 0.182. The first kappa shape index (κ1) is 9.98. The Labute approximate surface area is 92.7 Å². The molecule has 2 aromatic rings. The van der Waals surface area contributed by atoms with Gasteiger partial charge in [0.15, 0.2) is 0 Å². The molecule has 0 unspecified atom stereocenters. The van der Waals surface area contributed by atoms with Crippen molar-refractivity contribution in [3.63, 3.8) is 0 Å². The third kappa shape index (κ3) is 2.70. The zero-order valence-electron chi connectivity index (χ0n) is 8.43. The maximum Gasteiger partial charge on any atom is 0.213 e. The van der Waals surface area contributed by atoms with Crippen LogP contribution in [0, 0.1) is 0 Å². The zero-order chi connectivity index (χ0) is 10.5. The van der Waals surface area contributed by atoms with Crippen molar-refractivity contribution in [2.75, 3.05) is 12.4 Å². The Kier molecular flexibility index (Phi) is 3.19. The summed E-state index contributed by atoms with van der Waals surface area (Å²) in [7, 11) is 1.61. The van der Waals surface area contributed by atoms with Gasteiger partial charge in [0, 0.05) is 12.6 Å². The van der Waals surface area contributed by atoms with Crippen LogP contribution in [0.5, 0.6) is 5.88 Å². The second-order valence-corrected chi connectivity index (χ2v) is 3.85. The van der Waals surface area contributed by atoms with Gasteiger partial charge in [-0.05, 0) is 28.5 Å². The highest BCUT2D eigenvalue weighted by Crippen LogP contribution is 2.13. The van der Waals surface area contributed by atoms with Gasteiger partial charge in [-0.15, -0.1) is 0 Å². The Morgan fingerprint density at radius 2 is 2.33 bits per heavy atom. The molecule has 2 heterocycles. The molecule has 0 atom stereocenters. The average Bonchev–Trinajstić information content (AvgIpc) is 2.80. The lowest BCUT2D eigenvalue weighted by molar-refractivity contribution is 0.398. The smallest absolute Gasteiger partial charge is 0.213 e. The van der Waals surface area contributed by atoms with Gasteiger partial charge in [0.25, 0.3) is 0 Å². The minimum atomic E-state index is 0.635. The van der Waals surface area contributed by atoms with Gasteiger partial charge < -0.3 is 10.1 Å². The summed E-state index contributed by atoms with van der Waals surface area (Å²) >= 11 is 1.71. The first-order chi connectivity index (χ1) is 7.38. The molecule has 0 saturated heterocycles. The molecular formula is C11H12N2OS. The van der Waals surface area contributed by atoms with Gasteiger partial charge in [-0.2, -0.15) is 11.3 Å². The Hall–Kier alpha value is -1.55. The van der Waals surface area contributed by atoms with Crippen molar-refractivity contribution >= 4 is 17.0 Å². The van der Waals surface area contributed by atoms with E-state index in [2.05, 4.69) is 27.1 Å². The monoisotopic (exact) mass is 220 g/mol. The van der Waals surface area contributed by atoms with E-state index in [1.165, 1.54) is 5.56 Å². The van der Waals surface area contributed by atoms with Gasteiger partial charge in [0.2, 0.25) is 5.88 Å². The van der Waals surface area contributed by atoms with Gasteiger partial charge in [-0.1, -0.05) is 0 Å². The predicted octanol–water partition coefficient (Wildman–Crippen LogP) is 2.76. The molecule has 1 N–H and O–H groups in total. The van der Waals surface area contributed by atoms with E-state index in [1.807, 2.05) is 12.1 Å². The van der Waals surface area contributed by atoms with Crippen molar-refractivity contribution in [3.8, 4) is 5.88 Å². The molecule has 4 heteroatoms. The summed E-state index contributed by atoms with van der Waals surface area (Å²) in [6.07, 6.45) is 1.77. The Balaban J connectivity index is 1.93. The number of pyridine rings is 1. The minimum absolute atomic E-state index is 0.635. The molecule has 78 valence electrons. The van der Waals surface area contributed by atoms with Crippen LogP contribution in [0.2, 0.25) is 0 Å². The number of hydrogen-bond acceptors (Lipinski definition) is 4. The van der Waals surface area contributed by atoms with Crippen LogP contribution in [-0.2, 0) is 6.54 Å². The van der Waals surface area contributed by atoms with Crippen LogP contribution >= 0.6 is 11.3 Å². The van der Waals surface area contributed by atoms with Crippen LogP contribution < -0.4 is 10.1 Å². The molecule has 0 bridgehead atoms. The Morgan fingerprint density at radius 3 is 2.93 bits per heavy atom. The van der Waals surface area contributed by atoms with Crippen LogP contribution in [0.3, 0.4) is 0 Å². The van der Waals surface area contributed by atoms with Crippen molar-refractivity contribution in [3.05, 3.63) is 40.7 Å². The fourth-order valence-electron chi connectivity index (χ4n) is 1.20. The lowest BCUT2D eigenvalue weighted by Crippen LogP contribution is -1.98. The van der Waals surface area contributed by atoms with Crippen molar-refractivity contribution in [1.29, 1.82) is 0 Å². The van der Waals surface area contributed by atoms with E-state index in [-0.39, 0.29) is 0 Å². The van der Waals surface area contributed by atoms with Crippen molar-refractivity contribution in [2.24, 2.45) is 0 Å². The van der Waals surface area contributed by atoms with E-state index in [1.54, 1.807) is 24.6 Å². The molecule has 2 rings (SSSR count). The molecule has 0 aliphatic heterocycles. The summed E-state index contributed by atoms with van der Waals surface area (Å²) in [5, 5.41) is 7.49. The van der Waals surface area contributed by atoms with Crippen LogP contribution in [-0.4, -0.2) is 12.1 Å². The van der Waals surface area contributed by atoms with Crippen molar-refractivity contribution in [2.45, 2.75) is 6.54 Å². The largest absolute Gasteiger partial charge is 0.481 e. The van der Waals surface area contributed by atoms with Crippen molar-refractivity contribution in [1.82, 2.24) is 4.98 Å². The van der Waals surface area contributed by atoms with Gasteiger partial charge in [-0.25, -0.2) is 4.98 Å². The number of nitrogens with zero attached hydrogens (tertiary/aromatic N) is 1. The van der Waals surface area contributed by atoms with E-state index in [4.69, 9.17) is 4.74 Å². The van der Waals surface area contributed by atoms with E-state index in [9.17, 15) is 0 Å². The molecule has 0 saturated carbocycles. The molecule has 0 aromatic carbocycles. The topological polar surface area (TPSA) is 34.1 Å². The number of ether oxygens (including phenoxy) is 1. The third-order valence-corrected chi connectivity index (χ3v) is 2.75. The summed E-state index contributed by atoms with van der Waals surface area (Å²) in [5.41, 5.74) is 2.29. The zero-order valence-corrected chi connectivity index (χ0v) is 9.25. The lowest BCUT2D eigenvalue weighted by Gasteiger charge is -2.05. The predicted molar refractivity (Wildman–Crippen MR) is 62.4 cm³/mol. The fourth-order valence-corrected chi connectivity index (χ4v) is 1.87. The highest BCUT2D eigenvalue weighted by atomic mass is 32.1. The van der Waals surface area contributed by atoms with Crippen LogP contribution in [0.4, 0.5) is 5.69 Å². The second-order valence-electron chi connectivity index (χ2n) is 3.07. The van der Waals surface area contributed by atoms with Gasteiger partial charge in [0.1, 0.15) is 0 Å². The summed E-state index contributed by atoms with van der Waals surface area (Å²) in [4.78, 5) is 4.11. The minimum Gasteiger partial charge on any atom is -0.481 e. The van der Waals surface area contributed by atoms with E-state index >= 15 is 0 Å². The van der Waals surface area contributed by atoms with Crippen LogP contribution in [0.1, 0.15) is 5.56 Å². The van der Waals surface area contributed by atoms with Gasteiger partial charge in [-0.3, -0.25) is 0 Å². The molecule has 3 nitrogen and oxygen atoms in total. The van der Waals surface area contributed by atoms with Crippen LogP contribution in [0.25, 0.3) is 0 Å². The highest BCUT2D eigenvalue weighted by Gasteiger charge is 1.96. The molecule has 0 amide bonds. The third-order valence-electron chi connectivity index (χ3n) is 2.02. The second kappa shape index (κ2) is 4.79. The summed E-state index contributed by atoms with van der Waals surface area (Å²) < 4.78 is 4.98. The molecule has 0 fully saturated rings. The summed E-state index contributed by atoms with van der Waals surface area (Å²) in [6, 6.07) is 5.91. The van der Waals surface area contributed by atoms with Gasteiger partial charge >= 0.3 is 0 Å². The van der Waals surface area contributed by atoms with Crippen molar-refractivity contribution < 1.29 is 4.74 Å². The van der Waals surface area contributed by atoms with Crippen LogP contribution in [0.15, 0.2) is 35.2 Å². The first-order valence-electron chi connectivity index (χ1n) is 4.63.